The van der Waals surface area contributed by atoms with Crippen LogP contribution in [0.15, 0.2) is 49.1 Å². The van der Waals surface area contributed by atoms with E-state index in [0.29, 0.717) is 6.42 Å². The lowest BCUT2D eigenvalue weighted by Crippen LogP contribution is -2.13. The standard InChI is InChI=1S/C15H18N2O/c1-2-14(18)9-15(12-5-3-7-16-10-12)13-6-4-8-17-11-13/h3-8,10-11,14-15,18H,2,9H2,1H3. The maximum atomic E-state index is 9.91. The number of aromatic nitrogens is 2. The van der Waals surface area contributed by atoms with Crippen molar-refractivity contribution in [1.29, 1.82) is 0 Å². The van der Waals surface area contributed by atoms with Gasteiger partial charge in [-0.15, -0.1) is 0 Å². The fourth-order valence-corrected chi connectivity index (χ4v) is 2.07. The molecule has 3 heteroatoms. The van der Waals surface area contributed by atoms with Crippen LogP contribution in [0.1, 0.15) is 36.8 Å². The van der Waals surface area contributed by atoms with Crippen LogP contribution in [0.3, 0.4) is 0 Å². The average molecular weight is 242 g/mol. The van der Waals surface area contributed by atoms with Crippen molar-refractivity contribution in [3.05, 3.63) is 60.2 Å². The second kappa shape index (κ2) is 6.26. The Hall–Kier alpha value is -1.74. The molecular formula is C15H18N2O. The van der Waals surface area contributed by atoms with E-state index in [1.165, 1.54) is 0 Å². The zero-order valence-corrected chi connectivity index (χ0v) is 10.5. The molecule has 94 valence electrons. The molecule has 0 bridgehead atoms. The molecular weight excluding hydrogens is 224 g/mol. The van der Waals surface area contributed by atoms with Gasteiger partial charge in [-0.05, 0) is 36.1 Å². The SMILES string of the molecule is CCC(O)CC(c1cccnc1)c1cccnc1. The van der Waals surface area contributed by atoms with E-state index in [1.807, 2.05) is 43.6 Å². The van der Waals surface area contributed by atoms with Crippen LogP contribution >= 0.6 is 0 Å². The third kappa shape index (κ3) is 3.14. The first-order valence-corrected chi connectivity index (χ1v) is 6.29. The molecule has 1 unspecified atom stereocenters. The van der Waals surface area contributed by atoms with Gasteiger partial charge in [-0.1, -0.05) is 19.1 Å². The fourth-order valence-electron chi connectivity index (χ4n) is 2.07. The summed E-state index contributed by atoms with van der Waals surface area (Å²) in [6, 6.07) is 7.95. The number of rotatable bonds is 5. The number of nitrogens with zero attached hydrogens (tertiary/aromatic N) is 2. The van der Waals surface area contributed by atoms with Gasteiger partial charge in [-0.25, -0.2) is 0 Å². The van der Waals surface area contributed by atoms with E-state index in [2.05, 4.69) is 9.97 Å². The van der Waals surface area contributed by atoms with Crippen LogP contribution in [-0.4, -0.2) is 21.2 Å². The minimum atomic E-state index is -0.296. The topological polar surface area (TPSA) is 46.0 Å². The molecule has 2 heterocycles. The number of aliphatic hydroxyl groups excluding tert-OH is 1. The van der Waals surface area contributed by atoms with Gasteiger partial charge in [0.25, 0.3) is 0 Å². The molecule has 1 N–H and O–H groups in total. The second-order valence-corrected chi connectivity index (χ2v) is 4.42. The summed E-state index contributed by atoms with van der Waals surface area (Å²) < 4.78 is 0. The molecule has 2 aromatic rings. The fraction of sp³-hybridized carbons (Fsp3) is 0.333. The van der Waals surface area contributed by atoms with Gasteiger partial charge in [-0.2, -0.15) is 0 Å². The Labute approximate surface area is 108 Å². The van der Waals surface area contributed by atoms with Gasteiger partial charge >= 0.3 is 0 Å². The zero-order valence-electron chi connectivity index (χ0n) is 10.5. The van der Waals surface area contributed by atoms with Crippen LogP contribution in [0.25, 0.3) is 0 Å². The van der Waals surface area contributed by atoms with Crippen LogP contribution < -0.4 is 0 Å². The van der Waals surface area contributed by atoms with Crippen LogP contribution in [0.4, 0.5) is 0 Å². The van der Waals surface area contributed by atoms with Crippen molar-refractivity contribution in [1.82, 2.24) is 9.97 Å². The Kier molecular flexibility index (Phi) is 4.42. The van der Waals surface area contributed by atoms with Gasteiger partial charge in [0.2, 0.25) is 0 Å². The highest BCUT2D eigenvalue weighted by Gasteiger charge is 2.17. The van der Waals surface area contributed by atoms with Crippen LogP contribution in [-0.2, 0) is 0 Å². The van der Waals surface area contributed by atoms with Crippen LogP contribution in [0.5, 0.6) is 0 Å². The summed E-state index contributed by atoms with van der Waals surface area (Å²) in [6.07, 6.45) is 8.42. The lowest BCUT2D eigenvalue weighted by molar-refractivity contribution is 0.155. The molecule has 0 radical (unpaired) electrons. The highest BCUT2D eigenvalue weighted by molar-refractivity contribution is 5.28. The highest BCUT2D eigenvalue weighted by atomic mass is 16.3. The van der Waals surface area contributed by atoms with E-state index in [0.717, 1.165) is 17.5 Å². The molecule has 3 nitrogen and oxygen atoms in total. The first-order chi connectivity index (χ1) is 8.81. The number of aliphatic hydroxyl groups is 1. The Morgan fingerprint density at radius 3 is 2.00 bits per heavy atom. The molecule has 0 aromatic carbocycles. The Morgan fingerprint density at radius 2 is 1.61 bits per heavy atom. The zero-order chi connectivity index (χ0) is 12.8. The van der Waals surface area contributed by atoms with Crippen molar-refractivity contribution in [3.8, 4) is 0 Å². The summed E-state index contributed by atoms with van der Waals surface area (Å²) in [7, 11) is 0. The number of hydrogen-bond acceptors (Lipinski definition) is 3. The van der Waals surface area contributed by atoms with Gasteiger partial charge in [0, 0.05) is 30.7 Å². The molecule has 1 atom stereocenters. The van der Waals surface area contributed by atoms with Crippen molar-refractivity contribution in [2.24, 2.45) is 0 Å². The number of hydrogen-bond donors (Lipinski definition) is 1. The Balaban J connectivity index is 2.29. The third-order valence-electron chi connectivity index (χ3n) is 3.15. The van der Waals surface area contributed by atoms with Crippen LogP contribution in [0, 0.1) is 0 Å². The molecule has 0 amide bonds. The van der Waals surface area contributed by atoms with Gasteiger partial charge in [0.05, 0.1) is 6.10 Å². The molecule has 0 aliphatic carbocycles. The molecule has 2 aromatic heterocycles. The molecule has 0 fully saturated rings. The Bertz CT molecular complexity index is 419. The van der Waals surface area contributed by atoms with Crippen molar-refractivity contribution in [2.45, 2.75) is 31.8 Å². The largest absolute Gasteiger partial charge is 0.393 e. The molecule has 2 rings (SSSR count). The van der Waals surface area contributed by atoms with E-state index in [-0.39, 0.29) is 12.0 Å². The predicted octanol–water partition coefficient (Wildman–Crippen LogP) is 2.77. The summed E-state index contributed by atoms with van der Waals surface area (Å²) in [5.74, 6) is 0.155. The lowest BCUT2D eigenvalue weighted by Gasteiger charge is -2.20. The monoisotopic (exact) mass is 242 g/mol. The lowest BCUT2D eigenvalue weighted by atomic mass is 9.88. The van der Waals surface area contributed by atoms with Crippen molar-refractivity contribution in [3.63, 3.8) is 0 Å². The van der Waals surface area contributed by atoms with E-state index in [1.54, 1.807) is 12.4 Å². The summed E-state index contributed by atoms with van der Waals surface area (Å²) in [4.78, 5) is 8.32. The van der Waals surface area contributed by atoms with Gasteiger partial charge in [0.1, 0.15) is 0 Å². The predicted molar refractivity (Wildman–Crippen MR) is 71.2 cm³/mol. The van der Waals surface area contributed by atoms with E-state index < -0.39 is 0 Å². The molecule has 0 saturated carbocycles. The molecule has 18 heavy (non-hydrogen) atoms. The first-order valence-electron chi connectivity index (χ1n) is 6.29. The van der Waals surface area contributed by atoms with Crippen molar-refractivity contribution >= 4 is 0 Å². The summed E-state index contributed by atoms with van der Waals surface area (Å²) in [5.41, 5.74) is 2.25. The Morgan fingerprint density at radius 1 is 1.06 bits per heavy atom. The maximum Gasteiger partial charge on any atom is 0.0546 e. The van der Waals surface area contributed by atoms with Gasteiger partial charge in [-0.3, -0.25) is 9.97 Å². The third-order valence-corrected chi connectivity index (χ3v) is 3.15. The normalized spacial score (nSPS) is 12.6. The van der Waals surface area contributed by atoms with Gasteiger partial charge < -0.3 is 5.11 Å². The van der Waals surface area contributed by atoms with Crippen molar-refractivity contribution in [2.75, 3.05) is 0 Å². The molecule has 0 aliphatic rings. The summed E-state index contributed by atoms with van der Waals surface area (Å²) in [6.45, 7) is 1.99. The average Bonchev–Trinajstić information content (AvgIpc) is 2.46. The summed E-state index contributed by atoms with van der Waals surface area (Å²) in [5, 5.41) is 9.91. The van der Waals surface area contributed by atoms with Crippen LogP contribution in [0.2, 0.25) is 0 Å². The van der Waals surface area contributed by atoms with Crippen molar-refractivity contribution < 1.29 is 5.11 Å². The molecule has 0 saturated heterocycles. The van der Waals surface area contributed by atoms with E-state index in [9.17, 15) is 5.11 Å². The molecule has 0 spiro atoms. The second-order valence-electron chi connectivity index (χ2n) is 4.42. The number of pyridine rings is 2. The summed E-state index contributed by atoms with van der Waals surface area (Å²) >= 11 is 0. The minimum absolute atomic E-state index is 0.155. The first kappa shape index (κ1) is 12.7. The quantitative estimate of drug-likeness (QED) is 0.877. The minimum Gasteiger partial charge on any atom is -0.393 e. The smallest absolute Gasteiger partial charge is 0.0546 e. The van der Waals surface area contributed by atoms with E-state index >= 15 is 0 Å². The molecule has 0 aliphatic heterocycles. The highest BCUT2D eigenvalue weighted by Crippen LogP contribution is 2.28. The maximum absolute atomic E-state index is 9.91. The van der Waals surface area contributed by atoms with E-state index in [4.69, 9.17) is 0 Å². The van der Waals surface area contributed by atoms with Gasteiger partial charge in [0.15, 0.2) is 0 Å².